The second kappa shape index (κ2) is 9.39. The van der Waals surface area contributed by atoms with E-state index in [1.165, 1.54) is 5.52 Å². The number of aliphatic imine (C=N–C) groups is 1. The summed E-state index contributed by atoms with van der Waals surface area (Å²) in [5.41, 5.74) is 2.40. The normalized spacial score (nSPS) is 17.2. The molecule has 0 atom stereocenters. The predicted molar refractivity (Wildman–Crippen MR) is 115 cm³/mol. The number of ether oxygens (including phenoxy) is 1. The number of fused-ring (bicyclic) bond motifs is 1. The molecule has 0 saturated carbocycles. The maximum absolute atomic E-state index is 5.56. The number of aryl methyl sites for hydroxylation is 2. The van der Waals surface area contributed by atoms with E-state index in [0.29, 0.717) is 0 Å². The van der Waals surface area contributed by atoms with Crippen LogP contribution in [-0.4, -0.2) is 73.4 Å². The summed E-state index contributed by atoms with van der Waals surface area (Å²) >= 11 is 0. The Morgan fingerprint density at radius 2 is 2.00 bits per heavy atom. The van der Waals surface area contributed by atoms with E-state index in [1.54, 1.807) is 0 Å². The molecule has 1 aromatic carbocycles. The summed E-state index contributed by atoms with van der Waals surface area (Å²) in [6.07, 6.45) is 3.09. The SMILES string of the molecule is CN=C(NCCCn1c(C)nc2ccccc21)NCC1(N(C)C)CCOCC1. The van der Waals surface area contributed by atoms with Crippen molar-refractivity contribution in [1.82, 2.24) is 25.1 Å². The van der Waals surface area contributed by atoms with Crippen LogP contribution >= 0.6 is 0 Å². The molecular weight excluding hydrogens is 352 g/mol. The van der Waals surface area contributed by atoms with Gasteiger partial charge in [0, 0.05) is 45.4 Å². The van der Waals surface area contributed by atoms with Crippen molar-refractivity contribution in [3.63, 3.8) is 0 Å². The van der Waals surface area contributed by atoms with Gasteiger partial charge in [-0.1, -0.05) is 12.1 Å². The third-order valence-electron chi connectivity index (χ3n) is 5.88. The third-order valence-corrected chi connectivity index (χ3v) is 5.88. The van der Waals surface area contributed by atoms with E-state index in [0.717, 1.165) is 69.4 Å². The van der Waals surface area contributed by atoms with Crippen LogP contribution < -0.4 is 10.6 Å². The van der Waals surface area contributed by atoms with E-state index in [9.17, 15) is 0 Å². The van der Waals surface area contributed by atoms with Crippen molar-refractivity contribution in [3.05, 3.63) is 30.1 Å². The van der Waals surface area contributed by atoms with Gasteiger partial charge in [-0.3, -0.25) is 4.99 Å². The number of nitrogens with zero attached hydrogens (tertiary/aromatic N) is 4. The molecular formula is C21H34N6O. The van der Waals surface area contributed by atoms with Gasteiger partial charge in [-0.05, 0) is 52.4 Å². The summed E-state index contributed by atoms with van der Waals surface area (Å²) in [5, 5.41) is 6.97. The average molecular weight is 387 g/mol. The molecule has 0 unspecified atom stereocenters. The minimum Gasteiger partial charge on any atom is -0.381 e. The highest BCUT2D eigenvalue weighted by atomic mass is 16.5. The van der Waals surface area contributed by atoms with Gasteiger partial charge in [0.2, 0.25) is 0 Å². The number of benzene rings is 1. The minimum atomic E-state index is 0.128. The van der Waals surface area contributed by atoms with E-state index < -0.39 is 0 Å². The van der Waals surface area contributed by atoms with E-state index in [-0.39, 0.29) is 5.54 Å². The fraction of sp³-hybridized carbons (Fsp3) is 0.619. The number of rotatable bonds is 7. The molecule has 0 spiro atoms. The first kappa shape index (κ1) is 20.6. The Morgan fingerprint density at radius 1 is 1.25 bits per heavy atom. The topological polar surface area (TPSA) is 66.7 Å². The summed E-state index contributed by atoms with van der Waals surface area (Å²) in [7, 11) is 6.14. The zero-order chi connectivity index (χ0) is 20.0. The molecule has 0 amide bonds. The molecule has 154 valence electrons. The number of aromatic nitrogens is 2. The van der Waals surface area contributed by atoms with Crippen molar-refractivity contribution in [2.75, 3.05) is 47.4 Å². The van der Waals surface area contributed by atoms with Gasteiger partial charge in [0.05, 0.1) is 11.0 Å². The van der Waals surface area contributed by atoms with Crippen molar-refractivity contribution >= 4 is 17.0 Å². The first-order chi connectivity index (χ1) is 13.6. The van der Waals surface area contributed by atoms with Gasteiger partial charge in [-0.15, -0.1) is 0 Å². The second-order valence-electron chi connectivity index (χ2n) is 7.74. The van der Waals surface area contributed by atoms with Crippen LogP contribution in [0.3, 0.4) is 0 Å². The zero-order valence-electron chi connectivity index (χ0n) is 17.7. The molecule has 3 rings (SSSR count). The molecule has 0 radical (unpaired) electrons. The van der Waals surface area contributed by atoms with E-state index in [1.807, 2.05) is 13.1 Å². The minimum absolute atomic E-state index is 0.128. The van der Waals surface area contributed by atoms with Crippen LogP contribution in [0.4, 0.5) is 0 Å². The molecule has 1 aromatic heterocycles. The summed E-state index contributed by atoms with van der Waals surface area (Å²) in [5.74, 6) is 1.93. The van der Waals surface area contributed by atoms with Crippen LogP contribution in [0.1, 0.15) is 25.1 Å². The fourth-order valence-corrected chi connectivity index (χ4v) is 3.92. The molecule has 2 heterocycles. The van der Waals surface area contributed by atoms with Crippen LogP contribution in [0.25, 0.3) is 11.0 Å². The maximum Gasteiger partial charge on any atom is 0.191 e. The molecule has 1 fully saturated rings. The number of likely N-dealkylation sites (N-methyl/N-ethyl adjacent to an activating group) is 1. The summed E-state index contributed by atoms with van der Waals surface area (Å²) < 4.78 is 7.84. The van der Waals surface area contributed by atoms with Crippen LogP contribution in [0.2, 0.25) is 0 Å². The Balaban J connectivity index is 1.48. The molecule has 1 saturated heterocycles. The number of imidazole rings is 1. The first-order valence-corrected chi connectivity index (χ1v) is 10.2. The Bertz CT molecular complexity index is 791. The number of nitrogens with one attached hydrogen (secondary N) is 2. The highest BCUT2D eigenvalue weighted by Crippen LogP contribution is 2.25. The molecule has 1 aliphatic rings. The monoisotopic (exact) mass is 386 g/mol. The lowest BCUT2D eigenvalue weighted by molar-refractivity contribution is -0.00501. The Labute approximate surface area is 168 Å². The smallest absolute Gasteiger partial charge is 0.191 e. The first-order valence-electron chi connectivity index (χ1n) is 10.2. The van der Waals surface area contributed by atoms with E-state index >= 15 is 0 Å². The number of hydrogen-bond donors (Lipinski definition) is 2. The van der Waals surface area contributed by atoms with Gasteiger partial charge in [0.25, 0.3) is 0 Å². The Hall–Kier alpha value is -2.12. The molecule has 2 aromatic rings. The van der Waals surface area contributed by atoms with Gasteiger partial charge in [0.1, 0.15) is 5.82 Å². The van der Waals surface area contributed by atoms with Crippen molar-refractivity contribution < 1.29 is 4.74 Å². The molecule has 7 nitrogen and oxygen atoms in total. The van der Waals surface area contributed by atoms with E-state index in [4.69, 9.17) is 4.74 Å². The average Bonchev–Trinajstić information content (AvgIpc) is 3.03. The molecule has 0 bridgehead atoms. The van der Waals surface area contributed by atoms with Crippen LogP contribution in [0.5, 0.6) is 0 Å². The van der Waals surface area contributed by atoms with Gasteiger partial charge < -0.3 is 24.8 Å². The predicted octanol–water partition coefficient (Wildman–Crippen LogP) is 2.01. The lowest BCUT2D eigenvalue weighted by Crippen LogP contribution is -2.57. The van der Waals surface area contributed by atoms with Crippen molar-refractivity contribution in [3.8, 4) is 0 Å². The molecule has 2 N–H and O–H groups in total. The largest absolute Gasteiger partial charge is 0.381 e. The van der Waals surface area contributed by atoms with Crippen LogP contribution in [0.15, 0.2) is 29.3 Å². The van der Waals surface area contributed by atoms with E-state index in [2.05, 4.69) is 69.3 Å². The number of guanidine groups is 1. The van der Waals surface area contributed by atoms with Gasteiger partial charge in [-0.2, -0.15) is 0 Å². The number of hydrogen-bond acceptors (Lipinski definition) is 4. The van der Waals surface area contributed by atoms with Crippen molar-refractivity contribution in [2.24, 2.45) is 4.99 Å². The fourth-order valence-electron chi connectivity index (χ4n) is 3.92. The van der Waals surface area contributed by atoms with Crippen molar-refractivity contribution in [1.29, 1.82) is 0 Å². The summed E-state index contributed by atoms with van der Waals surface area (Å²) in [6.45, 7) is 6.39. The number of para-hydroxylation sites is 2. The molecule has 0 aliphatic carbocycles. The zero-order valence-corrected chi connectivity index (χ0v) is 17.7. The Kier molecular flexibility index (Phi) is 6.91. The Morgan fingerprint density at radius 3 is 2.71 bits per heavy atom. The van der Waals surface area contributed by atoms with Crippen molar-refractivity contribution in [2.45, 2.75) is 38.3 Å². The molecule has 28 heavy (non-hydrogen) atoms. The highest BCUT2D eigenvalue weighted by Gasteiger charge is 2.34. The lowest BCUT2D eigenvalue weighted by atomic mass is 9.88. The summed E-state index contributed by atoms with van der Waals surface area (Å²) in [4.78, 5) is 11.4. The van der Waals surface area contributed by atoms with Crippen LogP contribution in [-0.2, 0) is 11.3 Å². The summed E-state index contributed by atoms with van der Waals surface area (Å²) in [6, 6.07) is 8.31. The standard InChI is InChI=1S/C21H34N6O/c1-17-25-18-8-5-6-9-19(18)27(17)13-7-12-23-20(22-2)24-16-21(26(3)4)10-14-28-15-11-21/h5-6,8-9H,7,10-16H2,1-4H3,(H2,22,23,24). The molecule has 1 aliphatic heterocycles. The third kappa shape index (κ3) is 4.64. The maximum atomic E-state index is 5.56. The highest BCUT2D eigenvalue weighted by molar-refractivity contribution is 5.79. The molecule has 7 heteroatoms. The van der Waals surface area contributed by atoms with Gasteiger partial charge in [-0.25, -0.2) is 4.98 Å². The quantitative estimate of drug-likeness (QED) is 0.433. The van der Waals surface area contributed by atoms with Crippen LogP contribution in [0, 0.1) is 6.92 Å². The second-order valence-corrected chi connectivity index (χ2v) is 7.74. The van der Waals surface area contributed by atoms with Gasteiger partial charge >= 0.3 is 0 Å². The lowest BCUT2D eigenvalue weighted by Gasteiger charge is -2.43. The van der Waals surface area contributed by atoms with Gasteiger partial charge in [0.15, 0.2) is 5.96 Å².